The molecule has 8 atom stereocenters. The summed E-state index contributed by atoms with van der Waals surface area (Å²) in [7, 11) is -2.22. The van der Waals surface area contributed by atoms with Crippen molar-refractivity contribution in [3.8, 4) is 0 Å². The second-order valence-electron chi connectivity index (χ2n) is 16.7. The smallest absolute Gasteiger partial charge is 0.338 e. The molecule has 3 aromatic carbocycles. The lowest BCUT2D eigenvalue weighted by Gasteiger charge is -2.47. The van der Waals surface area contributed by atoms with Gasteiger partial charge in [0.05, 0.1) is 22.7 Å². The molecule has 1 N–H and O–H groups in total. The Morgan fingerprint density at radius 1 is 0.759 bits per heavy atom. The number of carbonyl (C=O) groups is 3. The summed E-state index contributed by atoms with van der Waals surface area (Å²) in [5.41, 5.74) is -0.278. The standard InChI is InChI=1S/C45H59NO9S2Si/c1-11-22-34(30-51-58(9,10)45(6,7)8)56-43-39(54-42(49)33-28-20-15-21-29-33)38(53-41(48)32-26-18-14-19-27-32)37(52-40(47)31-24-16-13-17-25-31)36(55-43)35(23-12-2)46-57(50)44(3,4)5/h11-21,24-29,34-39,43,46H,1-2,22-23,30H2,3-10H3/t34?,35-,36?,37?,38?,39?,43?,57-/m1/s1. The Labute approximate surface area is 352 Å². The normalized spacial score (nSPS) is 21.5. The highest BCUT2D eigenvalue weighted by molar-refractivity contribution is 8.00. The van der Waals surface area contributed by atoms with E-state index in [-0.39, 0.29) is 33.4 Å². The minimum absolute atomic E-state index is 0.0601. The van der Waals surface area contributed by atoms with Crippen LogP contribution in [0.3, 0.4) is 0 Å². The molecule has 1 saturated heterocycles. The van der Waals surface area contributed by atoms with Gasteiger partial charge in [-0.1, -0.05) is 87.5 Å². The molecule has 1 aliphatic rings. The van der Waals surface area contributed by atoms with E-state index in [1.165, 1.54) is 11.8 Å². The van der Waals surface area contributed by atoms with Gasteiger partial charge in [-0.05, 0) is 88.1 Å². The fourth-order valence-electron chi connectivity index (χ4n) is 5.76. The van der Waals surface area contributed by atoms with Gasteiger partial charge in [-0.3, -0.25) is 0 Å². The van der Waals surface area contributed by atoms with Gasteiger partial charge < -0.3 is 27.9 Å². The molecule has 4 rings (SSSR count). The van der Waals surface area contributed by atoms with E-state index in [0.717, 1.165) is 0 Å². The van der Waals surface area contributed by atoms with E-state index in [9.17, 15) is 18.9 Å². The largest absolute Gasteiger partial charge is 0.598 e. The first-order chi connectivity index (χ1) is 27.4. The lowest BCUT2D eigenvalue weighted by Crippen LogP contribution is -2.66. The highest BCUT2D eigenvalue weighted by Crippen LogP contribution is 2.41. The summed E-state index contributed by atoms with van der Waals surface area (Å²) in [5, 5.41) is -0.311. The summed E-state index contributed by atoms with van der Waals surface area (Å²) in [6.45, 7) is 24.7. The first-order valence-electron chi connectivity index (χ1n) is 19.5. The third-order valence-electron chi connectivity index (χ3n) is 10.1. The Morgan fingerprint density at radius 3 is 1.60 bits per heavy atom. The lowest BCUT2D eigenvalue weighted by atomic mass is 9.92. The first kappa shape index (κ1) is 47.0. The van der Waals surface area contributed by atoms with Crippen LogP contribution in [0.25, 0.3) is 0 Å². The molecule has 0 bridgehead atoms. The molecule has 0 spiro atoms. The minimum Gasteiger partial charge on any atom is -0.598 e. The van der Waals surface area contributed by atoms with Crippen LogP contribution in [0.4, 0.5) is 0 Å². The molecule has 6 unspecified atom stereocenters. The fourth-order valence-corrected chi connectivity index (χ4v) is 9.12. The number of rotatable bonds is 18. The van der Waals surface area contributed by atoms with Gasteiger partial charge in [-0.25, -0.2) is 14.4 Å². The quantitative estimate of drug-likeness (QED) is 0.0432. The molecule has 0 radical (unpaired) electrons. The summed E-state index contributed by atoms with van der Waals surface area (Å²) >= 11 is -0.262. The zero-order chi connectivity index (χ0) is 42.7. The third kappa shape index (κ3) is 12.9. The number of carbonyl (C=O) groups excluding carboxylic acids is 3. The van der Waals surface area contributed by atoms with Crippen LogP contribution in [0.5, 0.6) is 0 Å². The number of benzene rings is 3. The van der Waals surface area contributed by atoms with Crippen molar-refractivity contribution in [3.63, 3.8) is 0 Å². The molecule has 0 saturated carbocycles. The van der Waals surface area contributed by atoms with Crippen molar-refractivity contribution in [3.05, 3.63) is 133 Å². The molecule has 13 heteroatoms. The zero-order valence-corrected chi connectivity index (χ0v) is 37.5. The maximum atomic E-state index is 14.1. The summed E-state index contributed by atoms with van der Waals surface area (Å²) in [4.78, 5) is 42.2. The molecule has 1 heterocycles. The number of hydrogen-bond donors (Lipinski definition) is 1. The van der Waals surface area contributed by atoms with Gasteiger partial charge in [-0.15, -0.1) is 29.6 Å². The number of ether oxygens (including phenoxy) is 4. The highest BCUT2D eigenvalue weighted by Gasteiger charge is 2.56. The summed E-state index contributed by atoms with van der Waals surface area (Å²) in [5.74, 6) is -2.15. The van der Waals surface area contributed by atoms with E-state index < -0.39 is 78.2 Å². The number of esters is 3. The minimum atomic E-state index is -2.22. The van der Waals surface area contributed by atoms with E-state index in [2.05, 4.69) is 51.7 Å². The predicted octanol–water partition coefficient (Wildman–Crippen LogP) is 9.08. The zero-order valence-electron chi connectivity index (χ0n) is 34.9. The van der Waals surface area contributed by atoms with Crippen LogP contribution < -0.4 is 4.72 Å². The van der Waals surface area contributed by atoms with Gasteiger partial charge >= 0.3 is 17.9 Å². The predicted molar refractivity (Wildman–Crippen MR) is 235 cm³/mol. The van der Waals surface area contributed by atoms with Crippen LogP contribution in [0.1, 0.15) is 85.5 Å². The second kappa shape index (κ2) is 21.0. The monoisotopic (exact) mass is 849 g/mol. The maximum absolute atomic E-state index is 14.1. The Hall–Kier alpha value is -3.69. The average molecular weight is 850 g/mol. The van der Waals surface area contributed by atoms with Crippen LogP contribution in [0.2, 0.25) is 18.1 Å². The van der Waals surface area contributed by atoms with E-state index in [1.54, 1.807) is 103 Å². The molecular formula is C45H59NO9S2Si. The van der Waals surface area contributed by atoms with Crippen molar-refractivity contribution in [2.24, 2.45) is 0 Å². The van der Waals surface area contributed by atoms with Crippen LogP contribution in [-0.2, 0) is 34.7 Å². The number of hydrogen-bond acceptors (Lipinski definition) is 11. The van der Waals surface area contributed by atoms with E-state index in [4.69, 9.17) is 23.4 Å². The molecule has 0 amide bonds. The molecule has 58 heavy (non-hydrogen) atoms. The molecule has 10 nitrogen and oxygen atoms in total. The number of thioether (sulfide) groups is 1. The van der Waals surface area contributed by atoms with Crippen LogP contribution >= 0.6 is 11.8 Å². The van der Waals surface area contributed by atoms with Gasteiger partial charge in [0.25, 0.3) is 0 Å². The SMILES string of the molecule is C=CCC(CO[Si](C)(C)C(C)(C)C)SC1OC([C@@H](CC=C)N[S@+]([O-])C(C)(C)C)C(OC(=O)c2ccccc2)C(OC(=O)c2ccccc2)C1OC(=O)c1ccccc1. The van der Waals surface area contributed by atoms with E-state index >= 15 is 0 Å². The van der Waals surface area contributed by atoms with Crippen LogP contribution in [0.15, 0.2) is 116 Å². The van der Waals surface area contributed by atoms with Crippen molar-refractivity contribution in [1.29, 1.82) is 0 Å². The second-order valence-corrected chi connectivity index (χ2v) is 24.9. The fraction of sp³-hybridized carbons (Fsp3) is 0.444. The van der Waals surface area contributed by atoms with Crippen LogP contribution in [-0.4, -0.2) is 83.3 Å². The van der Waals surface area contributed by atoms with Gasteiger partial charge in [0.15, 0.2) is 26.6 Å². The van der Waals surface area contributed by atoms with Crippen molar-refractivity contribution >= 4 is 49.3 Å². The highest BCUT2D eigenvalue weighted by atomic mass is 32.2. The number of nitrogens with one attached hydrogen (secondary N) is 1. The molecule has 1 aliphatic heterocycles. The molecule has 314 valence electrons. The van der Waals surface area contributed by atoms with Gasteiger partial charge in [-0.2, -0.15) is 0 Å². The summed E-state index contributed by atoms with van der Waals surface area (Å²) in [6, 6.07) is 24.5. The third-order valence-corrected chi connectivity index (χ3v) is 17.6. The molecule has 1 fully saturated rings. The molecule has 3 aromatic rings. The molecule has 0 aliphatic carbocycles. The van der Waals surface area contributed by atoms with Crippen molar-refractivity contribution in [2.45, 2.75) is 118 Å². The Bertz CT molecular complexity index is 1800. The van der Waals surface area contributed by atoms with Crippen molar-refractivity contribution in [1.82, 2.24) is 4.72 Å². The van der Waals surface area contributed by atoms with Crippen LogP contribution in [0, 0.1) is 0 Å². The maximum Gasteiger partial charge on any atom is 0.338 e. The summed E-state index contributed by atoms with van der Waals surface area (Å²) in [6.07, 6.45) is -1.01. The number of allylic oxidation sites excluding steroid dienone is 1. The van der Waals surface area contributed by atoms with Gasteiger partial charge in [0, 0.05) is 23.2 Å². The van der Waals surface area contributed by atoms with E-state index in [1.807, 2.05) is 20.8 Å². The van der Waals surface area contributed by atoms with Crippen molar-refractivity contribution in [2.75, 3.05) is 6.61 Å². The Balaban J connectivity index is 1.92. The first-order valence-corrected chi connectivity index (χ1v) is 24.5. The molecular weight excluding hydrogens is 791 g/mol. The van der Waals surface area contributed by atoms with E-state index in [0.29, 0.717) is 13.0 Å². The Kier molecular flexibility index (Phi) is 17.0. The lowest BCUT2D eigenvalue weighted by molar-refractivity contribution is -0.205. The van der Waals surface area contributed by atoms with Crippen molar-refractivity contribution < 1.29 is 42.3 Å². The van der Waals surface area contributed by atoms with Gasteiger partial charge in [0.2, 0.25) is 0 Å². The average Bonchev–Trinajstić information content (AvgIpc) is 3.18. The summed E-state index contributed by atoms with van der Waals surface area (Å²) < 4.78 is 49.0. The Morgan fingerprint density at radius 2 is 1.19 bits per heavy atom. The van der Waals surface area contributed by atoms with Gasteiger partial charge in [0.1, 0.15) is 16.3 Å². The molecule has 0 aromatic heterocycles. The topological polar surface area (TPSA) is 132 Å².